The molecular weight excluding hydrogens is 249 g/mol. The van der Waals surface area contributed by atoms with Gasteiger partial charge in [-0.05, 0) is 25.1 Å². The highest BCUT2D eigenvalue weighted by molar-refractivity contribution is 5.92. The van der Waals surface area contributed by atoms with Gasteiger partial charge in [-0.1, -0.05) is 6.07 Å². The van der Waals surface area contributed by atoms with E-state index in [2.05, 4.69) is 15.6 Å². The minimum absolute atomic E-state index is 0.0952. The Morgan fingerprint density at radius 2 is 2.32 bits per heavy atom. The third-order valence-electron chi connectivity index (χ3n) is 2.34. The zero-order chi connectivity index (χ0) is 13.7. The summed E-state index contributed by atoms with van der Waals surface area (Å²) in [4.78, 5) is 15.6. The molecule has 1 aromatic heterocycles. The number of carbonyl (C=O) groups excluding carboxylic acids is 1. The molecule has 0 spiro atoms. The van der Waals surface area contributed by atoms with Crippen LogP contribution >= 0.6 is 0 Å². The number of nitrogens with zero attached hydrogens (tertiary/aromatic N) is 1. The average Bonchev–Trinajstić information content (AvgIpc) is 2.75. The van der Waals surface area contributed by atoms with E-state index in [0.717, 1.165) is 5.76 Å². The smallest absolute Gasteiger partial charge is 0.238 e. The highest BCUT2D eigenvalue weighted by Gasteiger charge is 2.04. The molecule has 0 atom stereocenters. The summed E-state index contributed by atoms with van der Waals surface area (Å²) in [5.74, 6) is 0.604. The predicted octanol–water partition coefficient (Wildman–Crippen LogP) is 1.85. The number of anilines is 1. The van der Waals surface area contributed by atoms with Gasteiger partial charge < -0.3 is 9.73 Å². The molecule has 5 nitrogen and oxygen atoms in total. The van der Waals surface area contributed by atoms with Gasteiger partial charge in [0.05, 0.1) is 19.3 Å². The average molecular weight is 263 g/mol. The Labute approximate surface area is 109 Å². The van der Waals surface area contributed by atoms with Crippen molar-refractivity contribution in [1.29, 1.82) is 0 Å². The lowest BCUT2D eigenvalue weighted by Crippen LogP contribution is -2.27. The number of benzene rings is 1. The molecule has 2 N–H and O–H groups in total. The van der Waals surface area contributed by atoms with Crippen molar-refractivity contribution in [3.63, 3.8) is 0 Å². The van der Waals surface area contributed by atoms with E-state index >= 15 is 0 Å². The van der Waals surface area contributed by atoms with E-state index < -0.39 is 0 Å². The molecule has 0 radical (unpaired) electrons. The summed E-state index contributed by atoms with van der Waals surface area (Å²) in [6, 6.07) is 5.74. The van der Waals surface area contributed by atoms with Gasteiger partial charge in [-0.15, -0.1) is 0 Å². The Balaban J connectivity index is 1.76. The molecule has 2 rings (SSSR count). The number of hydrogen-bond donors (Lipinski definition) is 2. The molecule has 0 bridgehead atoms. The first-order valence-electron chi connectivity index (χ1n) is 5.81. The number of hydrogen-bond acceptors (Lipinski definition) is 4. The van der Waals surface area contributed by atoms with Crippen molar-refractivity contribution in [3.8, 4) is 0 Å². The first kappa shape index (κ1) is 13.2. The molecule has 1 amide bonds. The van der Waals surface area contributed by atoms with Gasteiger partial charge in [-0.2, -0.15) is 0 Å². The van der Waals surface area contributed by atoms with Gasteiger partial charge in [0.1, 0.15) is 11.6 Å². The van der Waals surface area contributed by atoms with Crippen LogP contribution in [0.2, 0.25) is 0 Å². The van der Waals surface area contributed by atoms with E-state index in [4.69, 9.17) is 4.42 Å². The fourth-order valence-corrected chi connectivity index (χ4v) is 1.54. The zero-order valence-corrected chi connectivity index (χ0v) is 10.4. The van der Waals surface area contributed by atoms with Gasteiger partial charge in [0.2, 0.25) is 11.8 Å². The Morgan fingerprint density at radius 1 is 1.47 bits per heavy atom. The van der Waals surface area contributed by atoms with E-state index in [1.807, 2.05) is 0 Å². The lowest BCUT2D eigenvalue weighted by Gasteiger charge is -2.05. The summed E-state index contributed by atoms with van der Waals surface area (Å²) >= 11 is 0. The second kappa shape index (κ2) is 6.10. The summed E-state index contributed by atoms with van der Waals surface area (Å²) < 4.78 is 18.2. The Morgan fingerprint density at radius 3 is 3.00 bits per heavy atom. The first-order valence-corrected chi connectivity index (χ1v) is 5.81. The second-order valence-electron chi connectivity index (χ2n) is 4.03. The standard InChI is InChI=1S/C13H14FN3O2/c1-9-6-16-13(19-9)8-15-7-12(18)17-11-4-2-3-10(14)5-11/h2-6,15H,7-8H2,1H3,(H,17,18). The molecule has 1 heterocycles. The Kier molecular flexibility index (Phi) is 4.25. The van der Waals surface area contributed by atoms with Gasteiger partial charge in [0.25, 0.3) is 0 Å². The minimum Gasteiger partial charge on any atom is -0.445 e. The van der Waals surface area contributed by atoms with Gasteiger partial charge in [0.15, 0.2) is 0 Å². The van der Waals surface area contributed by atoms with Crippen molar-refractivity contribution < 1.29 is 13.6 Å². The highest BCUT2D eigenvalue weighted by atomic mass is 19.1. The van der Waals surface area contributed by atoms with Crippen LogP contribution < -0.4 is 10.6 Å². The molecule has 0 aliphatic rings. The quantitative estimate of drug-likeness (QED) is 0.864. The third-order valence-corrected chi connectivity index (χ3v) is 2.34. The molecule has 19 heavy (non-hydrogen) atoms. The maximum absolute atomic E-state index is 12.9. The Hall–Kier alpha value is -2.21. The molecule has 0 aliphatic heterocycles. The predicted molar refractivity (Wildman–Crippen MR) is 68.0 cm³/mol. The lowest BCUT2D eigenvalue weighted by molar-refractivity contribution is -0.115. The van der Waals surface area contributed by atoms with Crippen LogP contribution in [0, 0.1) is 12.7 Å². The molecule has 0 saturated heterocycles. The number of carbonyl (C=O) groups is 1. The Bertz CT molecular complexity index is 569. The zero-order valence-electron chi connectivity index (χ0n) is 10.4. The minimum atomic E-state index is -0.388. The van der Waals surface area contributed by atoms with Gasteiger partial charge >= 0.3 is 0 Å². The number of amides is 1. The lowest BCUT2D eigenvalue weighted by atomic mass is 10.3. The molecule has 0 fully saturated rings. The maximum atomic E-state index is 12.9. The van der Waals surface area contributed by atoms with Crippen LogP contribution in [-0.4, -0.2) is 17.4 Å². The molecule has 0 unspecified atom stereocenters. The van der Waals surface area contributed by atoms with E-state index in [1.165, 1.54) is 18.2 Å². The number of nitrogens with one attached hydrogen (secondary N) is 2. The van der Waals surface area contributed by atoms with Gasteiger partial charge in [0, 0.05) is 5.69 Å². The van der Waals surface area contributed by atoms with Crippen molar-refractivity contribution in [3.05, 3.63) is 47.9 Å². The van der Waals surface area contributed by atoms with E-state index in [0.29, 0.717) is 18.1 Å². The number of aromatic nitrogens is 1. The van der Waals surface area contributed by atoms with Crippen molar-refractivity contribution in [2.75, 3.05) is 11.9 Å². The van der Waals surface area contributed by atoms with Crippen LogP contribution in [0.5, 0.6) is 0 Å². The molecular formula is C13H14FN3O2. The third kappa shape index (κ3) is 4.18. The first-order chi connectivity index (χ1) is 9.13. The fourth-order valence-electron chi connectivity index (χ4n) is 1.54. The fraction of sp³-hybridized carbons (Fsp3) is 0.231. The summed E-state index contributed by atoms with van der Waals surface area (Å²) in [5, 5.41) is 5.47. The number of aryl methyl sites for hydroxylation is 1. The number of oxazole rings is 1. The van der Waals surface area contributed by atoms with Crippen LogP contribution in [0.25, 0.3) is 0 Å². The van der Waals surface area contributed by atoms with Crippen molar-refractivity contribution >= 4 is 11.6 Å². The largest absolute Gasteiger partial charge is 0.445 e. The molecule has 2 aromatic rings. The topological polar surface area (TPSA) is 67.2 Å². The number of rotatable bonds is 5. The molecule has 0 aliphatic carbocycles. The number of halogens is 1. The van der Waals surface area contributed by atoms with Crippen molar-refractivity contribution in [2.24, 2.45) is 0 Å². The van der Waals surface area contributed by atoms with E-state index in [-0.39, 0.29) is 18.3 Å². The van der Waals surface area contributed by atoms with Crippen molar-refractivity contribution in [2.45, 2.75) is 13.5 Å². The SMILES string of the molecule is Cc1cnc(CNCC(=O)Nc2cccc(F)c2)o1. The van der Waals surface area contributed by atoms with Gasteiger partial charge in [-0.3, -0.25) is 10.1 Å². The highest BCUT2D eigenvalue weighted by Crippen LogP contribution is 2.08. The normalized spacial score (nSPS) is 10.4. The van der Waals surface area contributed by atoms with E-state index in [9.17, 15) is 9.18 Å². The summed E-state index contributed by atoms with van der Waals surface area (Å²) in [5.41, 5.74) is 0.429. The van der Waals surface area contributed by atoms with Crippen LogP contribution in [0.3, 0.4) is 0 Å². The molecule has 0 saturated carbocycles. The van der Waals surface area contributed by atoms with Gasteiger partial charge in [-0.25, -0.2) is 9.37 Å². The summed E-state index contributed by atoms with van der Waals surface area (Å²) in [7, 11) is 0. The van der Waals surface area contributed by atoms with E-state index in [1.54, 1.807) is 19.2 Å². The molecule has 1 aromatic carbocycles. The van der Waals surface area contributed by atoms with Crippen LogP contribution in [-0.2, 0) is 11.3 Å². The monoisotopic (exact) mass is 263 g/mol. The maximum Gasteiger partial charge on any atom is 0.238 e. The van der Waals surface area contributed by atoms with Crippen LogP contribution in [0.4, 0.5) is 10.1 Å². The summed E-state index contributed by atoms with van der Waals surface area (Å²) in [6.45, 7) is 2.26. The molecule has 100 valence electrons. The second-order valence-corrected chi connectivity index (χ2v) is 4.03. The summed E-state index contributed by atoms with van der Waals surface area (Å²) in [6.07, 6.45) is 1.61. The van der Waals surface area contributed by atoms with Crippen LogP contribution in [0.15, 0.2) is 34.9 Å². The van der Waals surface area contributed by atoms with Crippen LogP contribution in [0.1, 0.15) is 11.7 Å². The molecule has 6 heteroatoms. The van der Waals surface area contributed by atoms with Crippen molar-refractivity contribution in [1.82, 2.24) is 10.3 Å².